The molecule has 1 aromatic carbocycles. The highest BCUT2D eigenvalue weighted by atomic mass is 16.5. The number of nitrogen functional groups attached to an aromatic ring is 1. The molecule has 6 nitrogen and oxygen atoms in total. The molecule has 0 saturated heterocycles. The highest BCUT2D eigenvalue weighted by Gasteiger charge is 2.07. The van der Waals surface area contributed by atoms with Gasteiger partial charge in [-0.15, -0.1) is 5.10 Å². The van der Waals surface area contributed by atoms with E-state index in [1.165, 1.54) is 0 Å². The first-order chi connectivity index (χ1) is 7.74. The van der Waals surface area contributed by atoms with Crippen molar-refractivity contribution in [3.05, 3.63) is 24.3 Å². The van der Waals surface area contributed by atoms with Crippen LogP contribution in [0, 0.1) is 0 Å². The quantitative estimate of drug-likeness (QED) is 0.659. The van der Waals surface area contributed by atoms with Crippen LogP contribution in [0.3, 0.4) is 0 Å². The van der Waals surface area contributed by atoms with Gasteiger partial charge in [-0.2, -0.15) is 0 Å². The number of aryl methyl sites for hydroxylation is 1. The second-order valence-corrected chi connectivity index (χ2v) is 3.53. The third kappa shape index (κ3) is 1.23. The zero-order chi connectivity index (χ0) is 11.1. The summed E-state index contributed by atoms with van der Waals surface area (Å²) < 4.78 is 6.54. The van der Waals surface area contributed by atoms with E-state index in [4.69, 9.17) is 10.3 Å². The molecular weight excluding hydrogens is 206 g/mol. The Kier molecular flexibility index (Phi) is 1.70. The van der Waals surface area contributed by atoms with E-state index >= 15 is 0 Å². The fourth-order valence-electron chi connectivity index (χ4n) is 1.63. The summed E-state index contributed by atoms with van der Waals surface area (Å²) in [6, 6.07) is 7.45. The van der Waals surface area contributed by atoms with Crippen LogP contribution >= 0.6 is 0 Å². The Morgan fingerprint density at radius 3 is 2.94 bits per heavy atom. The molecule has 0 aliphatic heterocycles. The van der Waals surface area contributed by atoms with Crippen LogP contribution in [0.15, 0.2) is 28.8 Å². The highest BCUT2D eigenvalue weighted by molar-refractivity contribution is 5.80. The smallest absolute Gasteiger partial charge is 0.222 e. The number of nitrogens with two attached hydrogens (primary N) is 1. The van der Waals surface area contributed by atoms with Crippen molar-refractivity contribution >= 4 is 16.9 Å². The van der Waals surface area contributed by atoms with Gasteiger partial charge in [0.15, 0.2) is 0 Å². The molecule has 16 heavy (non-hydrogen) atoms. The van der Waals surface area contributed by atoms with E-state index < -0.39 is 0 Å². The standard InChI is InChI=1S/C10H9N5O/c1-15-9-3-2-6(4-8(9)12-14-15)7-5-10(11)16-13-7/h2-5H,11H2,1H3. The maximum Gasteiger partial charge on any atom is 0.222 e. The summed E-state index contributed by atoms with van der Waals surface area (Å²) in [5.74, 6) is 0.300. The van der Waals surface area contributed by atoms with Gasteiger partial charge in [-0.3, -0.25) is 0 Å². The Labute approximate surface area is 90.6 Å². The number of benzene rings is 1. The molecule has 2 N–H and O–H groups in total. The zero-order valence-electron chi connectivity index (χ0n) is 8.58. The Balaban J connectivity index is 2.18. The van der Waals surface area contributed by atoms with Gasteiger partial charge in [-0.25, -0.2) is 4.68 Å². The molecule has 0 aliphatic rings. The van der Waals surface area contributed by atoms with Crippen molar-refractivity contribution in [1.82, 2.24) is 20.2 Å². The third-order valence-electron chi connectivity index (χ3n) is 2.43. The van der Waals surface area contributed by atoms with Gasteiger partial charge in [-0.05, 0) is 12.1 Å². The van der Waals surface area contributed by atoms with Gasteiger partial charge in [0.2, 0.25) is 5.88 Å². The van der Waals surface area contributed by atoms with E-state index in [9.17, 15) is 0 Å². The number of rotatable bonds is 1. The average molecular weight is 215 g/mol. The van der Waals surface area contributed by atoms with E-state index in [0.717, 1.165) is 16.6 Å². The lowest BCUT2D eigenvalue weighted by Crippen LogP contribution is -1.88. The molecule has 0 amide bonds. The lowest BCUT2D eigenvalue weighted by molar-refractivity contribution is 0.439. The number of anilines is 1. The topological polar surface area (TPSA) is 82.8 Å². The number of nitrogens with zero attached hydrogens (tertiary/aromatic N) is 4. The molecule has 0 radical (unpaired) electrons. The van der Waals surface area contributed by atoms with E-state index in [2.05, 4.69) is 15.5 Å². The number of fused-ring (bicyclic) bond motifs is 1. The van der Waals surface area contributed by atoms with Crippen molar-refractivity contribution in [3.63, 3.8) is 0 Å². The lowest BCUT2D eigenvalue weighted by Gasteiger charge is -1.95. The van der Waals surface area contributed by atoms with Gasteiger partial charge in [-0.1, -0.05) is 16.4 Å². The first-order valence-electron chi connectivity index (χ1n) is 4.76. The van der Waals surface area contributed by atoms with Crippen LogP contribution in [0.25, 0.3) is 22.3 Å². The number of aromatic nitrogens is 4. The van der Waals surface area contributed by atoms with Gasteiger partial charge >= 0.3 is 0 Å². The predicted molar refractivity (Wildman–Crippen MR) is 58.4 cm³/mol. The molecule has 0 unspecified atom stereocenters. The van der Waals surface area contributed by atoms with Crippen molar-refractivity contribution in [1.29, 1.82) is 0 Å². The maximum absolute atomic E-state index is 5.47. The Bertz CT molecular complexity index is 654. The van der Waals surface area contributed by atoms with Crippen molar-refractivity contribution in [3.8, 4) is 11.3 Å². The van der Waals surface area contributed by atoms with E-state index in [1.807, 2.05) is 25.2 Å². The van der Waals surface area contributed by atoms with Gasteiger partial charge in [0.05, 0.1) is 5.52 Å². The molecule has 0 aliphatic carbocycles. The summed E-state index contributed by atoms with van der Waals surface area (Å²) in [5.41, 5.74) is 8.87. The summed E-state index contributed by atoms with van der Waals surface area (Å²) in [6.07, 6.45) is 0. The monoisotopic (exact) mass is 215 g/mol. The molecule has 6 heteroatoms. The molecule has 0 saturated carbocycles. The first-order valence-corrected chi connectivity index (χ1v) is 4.76. The number of hydrogen-bond donors (Lipinski definition) is 1. The number of hydrogen-bond acceptors (Lipinski definition) is 5. The Morgan fingerprint density at radius 2 is 2.19 bits per heavy atom. The molecule has 0 fully saturated rings. The molecule has 3 rings (SSSR count). The maximum atomic E-state index is 5.47. The third-order valence-corrected chi connectivity index (χ3v) is 2.43. The first kappa shape index (κ1) is 8.90. The molecule has 0 bridgehead atoms. The second-order valence-electron chi connectivity index (χ2n) is 3.53. The molecule has 0 spiro atoms. The largest absolute Gasteiger partial charge is 0.368 e. The van der Waals surface area contributed by atoms with Crippen LogP contribution in [-0.2, 0) is 7.05 Å². The second kappa shape index (κ2) is 3.06. The average Bonchev–Trinajstić information content (AvgIpc) is 2.86. The van der Waals surface area contributed by atoms with Crippen molar-refractivity contribution in [2.24, 2.45) is 7.05 Å². The van der Waals surface area contributed by atoms with Crippen molar-refractivity contribution < 1.29 is 4.52 Å². The summed E-state index contributed by atoms with van der Waals surface area (Å²) in [5, 5.41) is 11.8. The molecule has 3 aromatic rings. The molecular formula is C10H9N5O. The lowest BCUT2D eigenvalue weighted by atomic mass is 10.1. The van der Waals surface area contributed by atoms with E-state index in [0.29, 0.717) is 11.6 Å². The summed E-state index contributed by atoms with van der Waals surface area (Å²) in [4.78, 5) is 0. The summed E-state index contributed by atoms with van der Waals surface area (Å²) >= 11 is 0. The van der Waals surface area contributed by atoms with Gasteiger partial charge < -0.3 is 10.3 Å². The molecule has 2 heterocycles. The van der Waals surface area contributed by atoms with Crippen molar-refractivity contribution in [2.75, 3.05) is 5.73 Å². The molecule has 2 aromatic heterocycles. The van der Waals surface area contributed by atoms with Crippen LogP contribution < -0.4 is 5.73 Å². The van der Waals surface area contributed by atoms with Crippen LogP contribution in [0.5, 0.6) is 0 Å². The molecule has 80 valence electrons. The van der Waals surface area contributed by atoms with Gasteiger partial charge in [0.1, 0.15) is 11.2 Å². The van der Waals surface area contributed by atoms with Crippen molar-refractivity contribution in [2.45, 2.75) is 0 Å². The minimum atomic E-state index is 0.300. The van der Waals surface area contributed by atoms with Crippen LogP contribution in [0.4, 0.5) is 5.88 Å². The van der Waals surface area contributed by atoms with Crippen LogP contribution in [0.2, 0.25) is 0 Å². The normalized spacial score (nSPS) is 11.1. The van der Waals surface area contributed by atoms with Crippen LogP contribution in [-0.4, -0.2) is 20.2 Å². The zero-order valence-corrected chi connectivity index (χ0v) is 8.58. The Morgan fingerprint density at radius 1 is 1.31 bits per heavy atom. The fourth-order valence-corrected chi connectivity index (χ4v) is 1.63. The minimum Gasteiger partial charge on any atom is -0.368 e. The molecule has 0 atom stereocenters. The predicted octanol–water partition coefficient (Wildman–Crippen LogP) is 1.21. The summed E-state index contributed by atoms with van der Waals surface area (Å²) in [7, 11) is 1.85. The van der Waals surface area contributed by atoms with Crippen LogP contribution in [0.1, 0.15) is 0 Å². The Hall–Kier alpha value is -2.37. The minimum absolute atomic E-state index is 0.300. The van der Waals surface area contributed by atoms with E-state index in [1.54, 1.807) is 10.7 Å². The van der Waals surface area contributed by atoms with Gasteiger partial charge in [0.25, 0.3) is 0 Å². The van der Waals surface area contributed by atoms with E-state index in [-0.39, 0.29) is 0 Å². The fraction of sp³-hybridized carbons (Fsp3) is 0.100. The SMILES string of the molecule is Cn1nnc2cc(-c3cc(N)on3)ccc21. The van der Waals surface area contributed by atoms with Gasteiger partial charge in [0, 0.05) is 18.7 Å². The summed E-state index contributed by atoms with van der Waals surface area (Å²) in [6.45, 7) is 0. The highest BCUT2D eigenvalue weighted by Crippen LogP contribution is 2.23.